The third-order valence-corrected chi connectivity index (χ3v) is 5.49. The first-order valence-corrected chi connectivity index (χ1v) is 9.59. The first-order chi connectivity index (χ1) is 14.4. The van der Waals surface area contributed by atoms with Gasteiger partial charge >= 0.3 is 0 Å². The molecule has 4 rings (SSSR count). The molecule has 1 aromatic carbocycles. The van der Waals surface area contributed by atoms with Crippen LogP contribution < -0.4 is 9.64 Å². The van der Waals surface area contributed by atoms with Crippen molar-refractivity contribution in [2.75, 3.05) is 31.8 Å². The molecule has 1 aromatic heterocycles. The highest BCUT2D eigenvalue weighted by atomic mass is 35.5. The van der Waals surface area contributed by atoms with Gasteiger partial charge in [-0.15, -0.1) is 0 Å². The fourth-order valence-electron chi connectivity index (χ4n) is 3.57. The number of benzene rings is 1. The fourth-order valence-corrected chi connectivity index (χ4v) is 3.77. The molecule has 2 aliphatic heterocycles. The van der Waals surface area contributed by atoms with Crippen LogP contribution in [-0.2, 0) is 20.9 Å². The molecule has 2 fully saturated rings. The summed E-state index contributed by atoms with van der Waals surface area (Å²) in [5.41, 5.74) is 0.579. The van der Waals surface area contributed by atoms with Crippen molar-refractivity contribution in [2.24, 2.45) is 5.92 Å². The molecule has 0 N–H and O–H groups in total. The lowest BCUT2D eigenvalue weighted by Gasteiger charge is -2.45. The molecule has 0 spiro atoms. The predicted octanol–water partition coefficient (Wildman–Crippen LogP) is 2.41. The van der Waals surface area contributed by atoms with Gasteiger partial charge in [0.25, 0.3) is 5.91 Å². The topological polar surface area (TPSA) is 72.0 Å². The Balaban J connectivity index is 1.65. The Kier molecular flexibility index (Phi) is 5.57. The quantitative estimate of drug-likeness (QED) is 0.718. The van der Waals surface area contributed by atoms with Crippen LogP contribution >= 0.6 is 11.6 Å². The molecule has 7 nitrogen and oxygen atoms in total. The van der Waals surface area contributed by atoms with Crippen molar-refractivity contribution in [1.82, 2.24) is 9.88 Å². The van der Waals surface area contributed by atoms with Crippen molar-refractivity contribution in [3.8, 4) is 5.75 Å². The number of ether oxygens (including phenoxy) is 2. The molecule has 2 aliphatic rings. The highest BCUT2D eigenvalue weighted by Gasteiger charge is 2.47. The van der Waals surface area contributed by atoms with Gasteiger partial charge in [0.1, 0.15) is 24.2 Å². The van der Waals surface area contributed by atoms with Crippen molar-refractivity contribution < 1.29 is 27.8 Å². The molecule has 0 aliphatic carbocycles. The molecule has 1 atom stereocenters. The zero-order valence-electron chi connectivity index (χ0n) is 16.0. The molecule has 0 bridgehead atoms. The average Bonchev–Trinajstić information content (AvgIpc) is 2.68. The molecule has 10 heteroatoms. The summed E-state index contributed by atoms with van der Waals surface area (Å²) in [6.45, 7) is 0.305. The smallest absolute Gasteiger partial charge is 0.251 e. The lowest BCUT2D eigenvalue weighted by atomic mass is 9.92. The summed E-state index contributed by atoms with van der Waals surface area (Å²) in [6, 6.07) is 4.38. The Labute approximate surface area is 176 Å². The number of anilines is 1. The van der Waals surface area contributed by atoms with Crippen LogP contribution in [0.4, 0.5) is 14.6 Å². The number of carbonyl (C=O) groups excluding carboxylic acids is 2. The van der Waals surface area contributed by atoms with Gasteiger partial charge in [0.15, 0.2) is 11.6 Å². The van der Waals surface area contributed by atoms with Gasteiger partial charge in [0, 0.05) is 18.5 Å². The van der Waals surface area contributed by atoms with Crippen LogP contribution in [0.3, 0.4) is 0 Å². The molecule has 2 saturated heterocycles. The maximum Gasteiger partial charge on any atom is 0.251 e. The summed E-state index contributed by atoms with van der Waals surface area (Å²) in [5, 5.41) is -0.0713. The van der Waals surface area contributed by atoms with Crippen LogP contribution in [0.1, 0.15) is 5.56 Å². The van der Waals surface area contributed by atoms with Crippen molar-refractivity contribution in [2.45, 2.75) is 12.6 Å². The Morgan fingerprint density at radius 2 is 2.00 bits per heavy atom. The van der Waals surface area contributed by atoms with E-state index in [-0.39, 0.29) is 41.5 Å². The third-order valence-electron chi connectivity index (χ3n) is 5.20. The lowest BCUT2D eigenvalue weighted by Crippen LogP contribution is -2.65. The van der Waals surface area contributed by atoms with E-state index in [1.54, 1.807) is 0 Å². The summed E-state index contributed by atoms with van der Waals surface area (Å²) in [7, 11) is 1.37. The van der Waals surface area contributed by atoms with Crippen molar-refractivity contribution >= 4 is 29.2 Å². The minimum atomic E-state index is -0.855. The van der Waals surface area contributed by atoms with Crippen LogP contribution in [0, 0.1) is 17.6 Å². The van der Waals surface area contributed by atoms with E-state index in [4.69, 9.17) is 21.1 Å². The molecule has 30 heavy (non-hydrogen) atoms. The molecule has 0 unspecified atom stereocenters. The van der Waals surface area contributed by atoms with Gasteiger partial charge in [-0.25, -0.2) is 13.8 Å². The van der Waals surface area contributed by atoms with Gasteiger partial charge in [0.05, 0.1) is 31.5 Å². The van der Waals surface area contributed by atoms with Gasteiger partial charge in [0.2, 0.25) is 5.91 Å². The number of nitrogens with zero attached hydrogens (tertiary/aromatic N) is 3. The summed E-state index contributed by atoms with van der Waals surface area (Å²) < 4.78 is 38.2. The number of carbonyl (C=O) groups is 2. The number of amides is 2. The Bertz CT molecular complexity index is 1000. The number of hydrogen-bond acceptors (Lipinski definition) is 5. The number of piperazine rings is 1. The van der Waals surface area contributed by atoms with Gasteiger partial charge in [-0.1, -0.05) is 17.7 Å². The van der Waals surface area contributed by atoms with Crippen LogP contribution in [0.25, 0.3) is 0 Å². The van der Waals surface area contributed by atoms with E-state index in [2.05, 4.69) is 4.98 Å². The van der Waals surface area contributed by atoms with E-state index in [0.717, 1.165) is 11.0 Å². The van der Waals surface area contributed by atoms with E-state index in [1.165, 1.54) is 36.4 Å². The maximum absolute atomic E-state index is 14.5. The highest BCUT2D eigenvalue weighted by Crippen LogP contribution is 2.31. The zero-order chi connectivity index (χ0) is 21.4. The minimum absolute atomic E-state index is 0.0676. The lowest BCUT2D eigenvalue weighted by molar-refractivity contribution is -0.155. The van der Waals surface area contributed by atoms with Gasteiger partial charge in [-0.2, -0.15) is 0 Å². The Morgan fingerprint density at radius 1 is 1.23 bits per heavy atom. The summed E-state index contributed by atoms with van der Waals surface area (Å²) in [6.07, 6.45) is 1.28. The largest absolute Gasteiger partial charge is 0.495 e. The van der Waals surface area contributed by atoms with Gasteiger partial charge < -0.3 is 14.4 Å². The van der Waals surface area contributed by atoms with E-state index in [0.29, 0.717) is 18.8 Å². The van der Waals surface area contributed by atoms with Crippen LogP contribution in [-0.4, -0.2) is 54.6 Å². The van der Waals surface area contributed by atoms with Crippen molar-refractivity contribution in [3.63, 3.8) is 0 Å². The zero-order valence-corrected chi connectivity index (χ0v) is 16.7. The second-order valence-electron chi connectivity index (χ2n) is 7.12. The number of pyridine rings is 1. The number of aromatic nitrogens is 1. The monoisotopic (exact) mass is 437 g/mol. The standard InChI is InChI=1S/C20H18ClF2N3O4/c1-29-13-5-16(23)19(24-6-13)26-8-17(27)25(18(20(26)28)12-9-30-10-12)7-11-2-3-15(22)14(21)4-11/h2-6,12,18H,7-10H2,1H3/t18-/m0/s1. The fraction of sp³-hybridized carbons (Fsp3) is 0.350. The van der Waals surface area contributed by atoms with Gasteiger partial charge in [-0.05, 0) is 17.7 Å². The molecular weight excluding hydrogens is 420 g/mol. The predicted molar refractivity (Wildman–Crippen MR) is 103 cm³/mol. The maximum atomic E-state index is 14.5. The normalized spacial score (nSPS) is 19.8. The molecule has 2 amide bonds. The van der Waals surface area contributed by atoms with Crippen LogP contribution in [0.15, 0.2) is 30.5 Å². The van der Waals surface area contributed by atoms with E-state index >= 15 is 0 Å². The Hall–Kier alpha value is -2.78. The second kappa shape index (κ2) is 8.16. The summed E-state index contributed by atoms with van der Waals surface area (Å²) in [5.74, 6) is -2.44. The number of methoxy groups -OCH3 is 1. The van der Waals surface area contributed by atoms with Crippen LogP contribution in [0.5, 0.6) is 5.75 Å². The molecule has 0 saturated carbocycles. The van der Waals surface area contributed by atoms with E-state index in [1.807, 2.05) is 0 Å². The summed E-state index contributed by atoms with van der Waals surface area (Å²) >= 11 is 5.85. The molecular formula is C20H18ClF2N3O4. The van der Waals surface area contributed by atoms with E-state index in [9.17, 15) is 18.4 Å². The van der Waals surface area contributed by atoms with Crippen molar-refractivity contribution in [3.05, 3.63) is 52.7 Å². The number of hydrogen-bond donors (Lipinski definition) is 0. The summed E-state index contributed by atoms with van der Waals surface area (Å²) in [4.78, 5) is 32.7. The third kappa shape index (κ3) is 3.70. The number of halogens is 3. The first kappa shape index (κ1) is 20.5. The molecule has 0 radical (unpaired) electrons. The minimum Gasteiger partial charge on any atom is -0.495 e. The SMILES string of the molecule is COc1cnc(N2CC(=O)N(Cc3ccc(F)c(Cl)c3)[C@@H](C3COC3)C2=O)c(F)c1. The number of rotatable bonds is 5. The average molecular weight is 438 g/mol. The van der Waals surface area contributed by atoms with E-state index < -0.39 is 23.6 Å². The molecule has 3 heterocycles. The Morgan fingerprint density at radius 3 is 2.60 bits per heavy atom. The first-order valence-electron chi connectivity index (χ1n) is 9.21. The molecule has 2 aromatic rings. The second-order valence-corrected chi connectivity index (χ2v) is 7.52. The molecule has 158 valence electrons. The highest BCUT2D eigenvalue weighted by molar-refractivity contribution is 6.30. The van der Waals surface area contributed by atoms with Crippen LogP contribution in [0.2, 0.25) is 5.02 Å². The van der Waals surface area contributed by atoms with Gasteiger partial charge in [-0.3, -0.25) is 14.5 Å². The van der Waals surface area contributed by atoms with Crippen molar-refractivity contribution in [1.29, 1.82) is 0 Å².